The molecule has 1 amide bonds. The average Bonchev–Trinajstić information content (AvgIpc) is 2.54. The number of rotatable bonds is 5. The van der Waals surface area contributed by atoms with Gasteiger partial charge in [0.05, 0.1) is 10.6 Å². The highest BCUT2D eigenvalue weighted by molar-refractivity contribution is 7.92. The number of hydrogen-bond acceptors (Lipinski definition) is 3. The molecule has 5 nitrogen and oxygen atoms in total. The molecule has 2 rings (SSSR count). The van der Waals surface area contributed by atoms with E-state index in [2.05, 4.69) is 4.72 Å². The van der Waals surface area contributed by atoms with Gasteiger partial charge in [-0.1, -0.05) is 0 Å². The summed E-state index contributed by atoms with van der Waals surface area (Å²) in [6.45, 7) is 0.0340. The fraction of sp³-hybridized carbons (Fsp3) is 0.188. The summed E-state index contributed by atoms with van der Waals surface area (Å²) in [4.78, 5) is 11.4. The van der Waals surface area contributed by atoms with Crippen LogP contribution in [0.4, 0.5) is 23.2 Å². The third kappa shape index (κ3) is 5.19. The van der Waals surface area contributed by atoms with Gasteiger partial charge in [-0.25, -0.2) is 12.8 Å². The van der Waals surface area contributed by atoms with Crippen molar-refractivity contribution in [3.8, 4) is 0 Å². The van der Waals surface area contributed by atoms with Crippen molar-refractivity contribution in [3.63, 3.8) is 0 Å². The van der Waals surface area contributed by atoms with E-state index in [1.807, 2.05) is 0 Å². The number of nitrogens with one attached hydrogen (secondary N) is 2. The van der Waals surface area contributed by atoms with E-state index in [-0.39, 0.29) is 16.1 Å². The first-order valence-electron chi connectivity index (χ1n) is 7.22. The predicted molar refractivity (Wildman–Crippen MR) is 86.8 cm³/mol. The Balaban J connectivity index is 2.14. The number of halogens is 4. The van der Waals surface area contributed by atoms with Crippen LogP contribution >= 0.6 is 0 Å². The quantitative estimate of drug-likeness (QED) is 0.770. The molecule has 0 atom stereocenters. The Kier molecular flexibility index (Phi) is 5.55. The molecule has 0 bridgehead atoms. The smallest absolute Gasteiger partial charge is 0.343 e. The summed E-state index contributed by atoms with van der Waals surface area (Å²) < 4.78 is 76.3. The zero-order valence-corrected chi connectivity index (χ0v) is 14.2. The molecule has 0 aromatic heterocycles. The minimum atomic E-state index is -4.55. The maximum absolute atomic E-state index is 13.1. The molecule has 26 heavy (non-hydrogen) atoms. The molecule has 0 fully saturated rings. The van der Waals surface area contributed by atoms with E-state index < -0.39 is 34.5 Å². The summed E-state index contributed by atoms with van der Waals surface area (Å²) in [5.41, 5.74) is 0.432. The largest absolute Gasteiger partial charge is 0.405 e. The van der Waals surface area contributed by atoms with Gasteiger partial charge in [0.15, 0.2) is 0 Å². The van der Waals surface area contributed by atoms with E-state index in [4.69, 9.17) is 0 Å². The van der Waals surface area contributed by atoms with E-state index in [0.29, 0.717) is 5.56 Å². The number of carbonyl (C=O) groups excluding carboxylic acids is 1. The minimum absolute atomic E-state index is 0.119. The highest BCUT2D eigenvalue weighted by Gasteiger charge is 2.28. The summed E-state index contributed by atoms with van der Waals surface area (Å²) in [6, 6.07) is 7.88. The molecule has 2 aromatic carbocycles. The second-order valence-electron chi connectivity index (χ2n) is 5.39. The topological polar surface area (TPSA) is 75.3 Å². The molecule has 0 spiro atoms. The molecule has 2 aromatic rings. The lowest BCUT2D eigenvalue weighted by molar-refractivity contribution is -0.123. The summed E-state index contributed by atoms with van der Waals surface area (Å²) in [7, 11) is -4.01. The Hall–Kier alpha value is -2.62. The maximum Gasteiger partial charge on any atom is 0.405 e. The Morgan fingerprint density at radius 3 is 2.23 bits per heavy atom. The van der Waals surface area contributed by atoms with Crippen LogP contribution in [0.2, 0.25) is 0 Å². The second-order valence-corrected chi connectivity index (χ2v) is 7.07. The van der Waals surface area contributed by atoms with E-state index in [1.54, 1.807) is 5.32 Å². The Bertz CT molecular complexity index is 910. The van der Waals surface area contributed by atoms with Crippen LogP contribution in [0.3, 0.4) is 0 Å². The number of alkyl halides is 3. The number of aryl methyl sites for hydroxylation is 1. The zero-order chi connectivity index (χ0) is 19.5. The van der Waals surface area contributed by atoms with Crippen LogP contribution in [-0.2, 0) is 10.0 Å². The number of benzene rings is 2. The van der Waals surface area contributed by atoms with Gasteiger partial charge in [0, 0.05) is 5.56 Å². The first-order chi connectivity index (χ1) is 12.0. The molecule has 0 saturated heterocycles. The minimum Gasteiger partial charge on any atom is -0.343 e. The molecule has 0 radical (unpaired) electrons. The summed E-state index contributed by atoms with van der Waals surface area (Å²) >= 11 is 0. The predicted octanol–water partition coefficient (Wildman–Crippen LogP) is 3.23. The number of anilines is 1. The molecule has 10 heteroatoms. The van der Waals surface area contributed by atoms with Crippen LogP contribution < -0.4 is 10.0 Å². The van der Waals surface area contributed by atoms with Gasteiger partial charge in [0.1, 0.15) is 12.4 Å². The number of amides is 1. The van der Waals surface area contributed by atoms with E-state index >= 15 is 0 Å². The van der Waals surface area contributed by atoms with Crippen molar-refractivity contribution in [1.82, 2.24) is 5.32 Å². The molecule has 0 heterocycles. The van der Waals surface area contributed by atoms with Gasteiger partial charge in [-0.3, -0.25) is 9.52 Å². The van der Waals surface area contributed by atoms with Crippen molar-refractivity contribution < 1.29 is 30.8 Å². The Morgan fingerprint density at radius 2 is 1.69 bits per heavy atom. The summed E-state index contributed by atoms with van der Waals surface area (Å²) in [6.07, 6.45) is -4.55. The Labute approximate surface area is 147 Å². The normalized spacial score (nSPS) is 11.9. The van der Waals surface area contributed by atoms with Crippen molar-refractivity contribution in [2.75, 3.05) is 11.3 Å². The third-order valence-corrected chi connectivity index (χ3v) is 4.69. The summed E-state index contributed by atoms with van der Waals surface area (Å²) in [5, 5.41) is 1.69. The monoisotopic (exact) mass is 390 g/mol. The van der Waals surface area contributed by atoms with Crippen molar-refractivity contribution in [3.05, 3.63) is 59.4 Å². The molecule has 0 aliphatic rings. The van der Waals surface area contributed by atoms with Crippen LogP contribution in [0.15, 0.2) is 47.4 Å². The number of hydrogen-bond donors (Lipinski definition) is 2. The lowest BCUT2D eigenvalue weighted by Crippen LogP contribution is -2.33. The standard InChI is InChI=1S/C16H14F4N2O3S/c1-10-8-12(17)4-7-14(10)22-26(24,25)13-5-2-11(3-6-13)15(23)21-9-16(18,19)20/h2-8,22H,9H2,1H3,(H,21,23). The molecular formula is C16H14F4N2O3S. The molecule has 140 valence electrons. The molecule has 0 unspecified atom stereocenters. The SMILES string of the molecule is Cc1cc(F)ccc1NS(=O)(=O)c1ccc(C(=O)NCC(F)(F)F)cc1. The molecular weight excluding hydrogens is 376 g/mol. The molecule has 2 N–H and O–H groups in total. The molecule has 0 saturated carbocycles. The van der Waals surface area contributed by atoms with Crippen LogP contribution in [0.5, 0.6) is 0 Å². The lowest BCUT2D eigenvalue weighted by Gasteiger charge is -2.11. The highest BCUT2D eigenvalue weighted by atomic mass is 32.2. The van der Waals surface area contributed by atoms with Gasteiger partial charge in [-0.05, 0) is 55.0 Å². The van der Waals surface area contributed by atoms with Crippen LogP contribution in [0, 0.1) is 12.7 Å². The van der Waals surface area contributed by atoms with Gasteiger partial charge in [0.2, 0.25) is 0 Å². The number of carbonyl (C=O) groups is 1. The van der Waals surface area contributed by atoms with Crippen LogP contribution in [0.25, 0.3) is 0 Å². The van der Waals surface area contributed by atoms with Crippen LogP contribution in [-0.4, -0.2) is 27.0 Å². The van der Waals surface area contributed by atoms with Gasteiger partial charge in [-0.15, -0.1) is 0 Å². The van der Waals surface area contributed by atoms with Crippen molar-refractivity contribution in [2.45, 2.75) is 18.0 Å². The first kappa shape index (κ1) is 19.7. The molecule has 0 aliphatic carbocycles. The lowest BCUT2D eigenvalue weighted by atomic mass is 10.2. The fourth-order valence-corrected chi connectivity index (χ4v) is 3.14. The second kappa shape index (κ2) is 7.32. The van der Waals surface area contributed by atoms with E-state index in [9.17, 15) is 30.8 Å². The number of sulfonamides is 1. The van der Waals surface area contributed by atoms with E-state index in [0.717, 1.165) is 36.4 Å². The van der Waals surface area contributed by atoms with Gasteiger partial charge >= 0.3 is 6.18 Å². The van der Waals surface area contributed by atoms with Crippen LogP contribution in [0.1, 0.15) is 15.9 Å². The van der Waals surface area contributed by atoms with Gasteiger partial charge in [-0.2, -0.15) is 13.2 Å². The highest BCUT2D eigenvalue weighted by Crippen LogP contribution is 2.21. The van der Waals surface area contributed by atoms with E-state index in [1.165, 1.54) is 13.0 Å². The van der Waals surface area contributed by atoms with Gasteiger partial charge in [0.25, 0.3) is 15.9 Å². The van der Waals surface area contributed by atoms with Gasteiger partial charge < -0.3 is 5.32 Å². The third-order valence-electron chi connectivity index (χ3n) is 3.31. The first-order valence-corrected chi connectivity index (χ1v) is 8.70. The molecule has 0 aliphatic heterocycles. The Morgan fingerprint density at radius 1 is 1.08 bits per heavy atom. The van der Waals surface area contributed by atoms with Crippen molar-refractivity contribution in [1.29, 1.82) is 0 Å². The average molecular weight is 390 g/mol. The van der Waals surface area contributed by atoms with Crippen molar-refractivity contribution >= 4 is 21.6 Å². The zero-order valence-electron chi connectivity index (χ0n) is 13.4. The fourth-order valence-electron chi connectivity index (χ4n) is 2.01. The summed E-state index contributed by atoms with van der Waals surface area (Å²) in [5.74, 6) is -1.49. The maximum atomic E-state index is 13.1. The van der Waals surface area contributed by atoms with Crippen molar-refractivity contribution in [2.24, 2.45) is 0 Å².